The van der Waals surface area contributed by atoms with Crippen LogP contribution in [-0.2, 0) is 31.6 Å². The molecule has 1 aliphatic rings. The molecular formula is C10H16F2N3O12P3S. The summed E-state index contributed by atoms with van der Waals surface area (Å²) in [6, 6.07) is 1.17. The Morgan fingerprint density at radius 3 is 2.39 bits per heavy atom. The molecule has 2 rings (SSSR count). The van der Waals surface area contributed by atoms with Crippen LogP contribution in [0, 0.1) is 4.77 Å². The van der Waals surface area contributed by atoms with Crippen molar-refractivity contribution in [3.05, 3.63) is 17.0 Å². The van der Waals surface area contributed by atoms with E-state index in [1.165, 1.54) is 6.07 Å². The lowest BCUT2D eigenvalue weighted by molar-refractivity contribution is -0.0720. The number of aliphatic hydroxyl groups excluding tert-OH is 1. The van der Waals surface area contributed by atoms with E-state index in [-0.39, 0.29) is 10.6 Å². The molecule has 2 heterocycles. The topological polar surface area (TPSA) is 233 Å². The number of nitrogen functional groups attached to an aromatic ring is 1. The minimum absolute atomic E-state index is 0.0475. The van der Waals surface area contributed by atoms with Gasteiger partial charge in [-0.25, -0.2) is 27.5 Å². The minimum Gasteiger partial charge on any atom is -0.387 e. The van der Waals surface area contributed by atoms with Gasteiger partial charge in [-0.1, -0.05) is 0 Å². The average Bonchev–Trinajstić information content (AvgIpc) is 2.82. The Balaban J connectivity index is 2.17. The first-order valence-corrected chi connectivity index (χ1v) is 12.6. The normalized spacial score (nSPS) is 30.6. The Hall–Kier alpha value is -0.710. The van der Waals surface area contributed by atoms with Crippen molar-refractivity contribution >= 4 is 41.5 Å². The number of aliphatic hydroxyl groups is 1. The number of hydrogen-bond acceptors (Lipinski definition) is 11. The molecule has 31 heavy (non-hydrogen) atoms. The Kier molecular flexibility index (Phi) is 7.94. The second-order valence-electron chi connectivity index (χ2n) is 5.96. The Morgan fingerprint density at radius 2 is 1.87 bits per heavy atom. The van der Waals surface area contributed by atoms with Crippen LogP contribution in [-0.4, -0.2) is 65.4 Å². The maximum Gasteiger partial charge on any atom is 0.490 e. The zero-order valence-corrected chi connectivity index (χ0v) is 18.4. The number of aromatic nitrogens is 2. The molecule has 7 N–H and O–H groups in total. The van der Waals surface area contributed by atoms with Crippen molar-refractivity contribution < 1.29 is 65.0 Å². The van der Waals surface area contributed by atoms with Crippen LogP contribution in [0.4, 0.5) is 14.6 Å². The van der Waals surface area contributed by atoms with Gasteiger partial charge in [-0.15, -0.1) is 0 Å². The lowest BCUT2D eigenvalue weighted by Gasteiger charge is -2.26. The van der Waals surface area contributed by atoms with Crippen LogP contribution < -0.4 is 5.73 Å². The molecule has 0 aromatic carbocycles. The lowest BCUT2D eigenvalue weighted by atomic mass is 9.97. The van der Waals surface area contributed by atoms with Gasteiger partial charge in [0, 0.05) is 6.20 Å². The first-order chi connectivity index (χ1) is 14.0. The Bertz CT molecular complexity index is 1020. The molecule has 15 nitrogen and oxygen atoms in total. The molecule has 6 atom stereocenters. The molecule has 0 spiro atoms. The molecule has 0 aliphatic carbocycles. The number of nitrogens with zero attached hydrogens (tertiary/aromatic N) is 2. The highest BCUT2D eigenvalue weighted by molar-refractivity contribution is 7.71. The van der Waals surface area contributed by atoms with E-state index in [0.717, 1.165) is 10.8 Å². The lowest BCUT2D eigenvalue weighted by Crippen LogP contribution is -2.45. The number of phosphoric ester groups is 1. The summed E-state index contributed by atoms with van der Waals surface area (Å²) in [6.07, 6.45) is -4.96. The third-order valence-corrected chi connectivity index (χ3v) is 7.79. The predicted molar refractivity (Wildman–Crippen MR) is 97.0 cm³/mol. The summed E-state index contributed by atoms with van der Waals surface area (Å²) < 4.78 is 79.1. The maximum atomic E-state index is 15.1. The SMILES string of the molecule is Nc1ccn([C@@H]2O[C@H](COP(=O)(O)OP(=O)(O)OP(=O)(O)O)[C@H](O)C2(F)CF)c(=S)n1. The van der Waals surface area contributed by atoms with E-state index in [2.05, 4.69) is 18.1 Å². The average molecular weight is 533 g/mol. The fourth-order valence-corrected chi connectivity index (χ4v) is 5.75. The number of anilines is 1. The van der Waals surface area contributed by atoms with Gasteiger partial charge in [0.25, 0.3) is 0 Å². The van der Waals surface area contributed by atoms with Gasteiger partial charge in [-0.2, -0.15) is 8.62 Å². The molecule has 1 aromatic rings. The summed E-state index contributed by atoms with van der Waals surface area (Å²) in [4.78, 5) is 39.1. The summed E-state index contributed by atoms with van der Waals surface area (Å²) in [7, 11) is -17.0. The van der Waals surface area contributed by atoms with Crippen molar-refractivity contribution in [3.8, 4) is 0 Å². The quantitative estimate of drug-likeness (QED) is 0.187. The largest absolute Gasteiger partial charge is 0.490 e. The number of rotatable bonds is 9. The summed E-state index contributed by atoms with van der Waals surface area (Å²) in [6.45, 7) is -3.00. The molecule has 0 radical (unpaired) electrons. The van der Waals surface area contributed by atoms with Crippen molar-refractivity contribution in [2.24, 2.45) is 0 Å². The van der Waals surface area contributed by atoms with Gasteiger partial charge in [0.2, 0.25) is 10.4 Å². The number of alkyl halides is 2. The van der Waals surface area contributed by atoms with Gasteiger partial charge in [0.05, 0.1) is 6.61 Å². The van der Waals surface area contributed by atoms with E-state index in [1.54, 1.807) is 0 Å². The molecule has 1 aliphatic heterocycles. The molecular weight excluding hydrogens is 517 g/mol. The van der Waals surface area contributed by atoms with Crippen LogP contribution in [0.15, 0.2) is 12.3 Å². The van der Waals surface area contributed by atoms with Crippen molar-refractivity contribution in [1.82, 2.24) is 9.55 Å². The number of halogens is 2. The summed E-state index contributed by atoms with van der Waals surface area (Å²) in [5.41, 5.74) is 2.30. The van der Waals surface area contributed by atoms with E-state index in [1.807, 2.05) is 0 Å². The van der Waals surface area contributed by atoms with Crippen LogP contribution in [0.1, 0.15) is 6.23 Å². The highest BCUT2D eigenvalue weighted by Gasteiger charge is 2.59. The zero-order chi connectivity index (χ0) is 23.8. The fraction of sp³-hybridized carbons (Fsp3) is 0.600. The molecule has 178 valence electrons. The molecule has 1 saturated heterocycles. The molecule has 21 heteroatoms. The molecule has 0 amide bonds. The monoisotopic (exact) mass is 533 g/mol. The van der Waals surface area contributed by atoms with E-state index in [0.29, 0.717) is 0 Å². The van der Waals surface area contributed by atoms with E-state index in [9.17, 15) is 28.1 Å². The molecule has 1 aromatic heterocycles. The zero-order valence-electron chi connectivity index (χ0n) is 14.9. The van der Waals surface area contributed by atoms with E-state index in [4.69, 9.17) is 37.4 Å². The molecule has 3 unspecified atom stereocenters. The van der Waals surface area contributed by atoms with Crippen LogP contribution in [0.25, 0.3) is 0 Å². The van der Waals surface area contributed by atoms with Crippen molar-refractivity contribution in [2.45, 2.75) is 24.1 Å². The summed E-state index contributed by atoms with van der Waals surface area (Å²) in [5, 5.41) is 10.1. The van der Waals surface area contributed by atoms with Gasteiger partial charge in [-0.05, 0) is 18.3 Å². The summed E-state index contributed by atoms with van der Waals surface area (Å²) in [5.74, 6) is -0.0475. The second kappa shape index (κ2) is 9.27. The second-order valence-corrected chi connectivity index (χ2v) is 10.7. The minimum atomic E-state index is -5.79. The van der Waals surface area contributed by atoms with Crippen LogP contribution >= 0.6 is 35.7 Å². The fourth-order valence-electron chi connectivity index (χ4n) is 2.46. The summed E-state index contributed by atoms with van der Waals surface area (Å²) >= 11 is 4.88. The van der Waals surface area contributed by atoms with E-state index < -0.39 is 60.9 Å². The smallest absolute Gasteiger partial charge is 0.387 e. The van der Waals surface area contributed by atoms with Crippen LogP contribution in [0.5, 0.6) is 0 Å². The molecule has 0 bridgehead atoms. The standard InChI is InChI=1S/C10H16F2N3O12P3S/c11-4-10(12)7(16)5(25-8(10)15-2-1-6(13)14-9(15)31)3-24-29(20,21)27-30(22,23)26-28(17,18)19/h1-2,5,7-8,16H,3-4H2,(H,20,21)(H,22,23)(H2,13,14,31)(H2,17,18,19)/t5-,7+,8-,10?/m1/s1. The van der Waals surface area contributed by atoms with Crippen LogP contribution in [0.3, 0.4) is 0 Å². The number of nitrogens with two attached hydrogens (primary N) is 1. The number of ether oxygens (including phenoxy) is 1. The van der Waals surface area contributed by atoms with Crippen molar-refractivity contribution in [3.63, 3.8) is 0 Å². The first kappa shape index (κ1) is 26.5. The Labute approximate surface area is 176 Å². The highest BCUT2D eigenvalue weighted by Crippen LogP contribution is 2.66. The third kappa shape index (κ3) is 6.65. The van der Waals surface area contributed by atoms with Gasteiger partial charge >= 0.3 is 23.5 Å². The van der Waals surface area contributed by atoms with Gasteiger partial charge in [0.15, 0.2) is 6.23 Å². The Morgan fingerprint density at radius 1 is 1.26 bits per heavy atom. The van der Waals surface area contributed by atoms with Gasteiger partial charge in [0.1, 0.15) is 24.7 Å². The number of hydrogen-bond donors (Lipinski definition) is 6. The van der Waals surface area contributed by atoms with Crippen molar-refractivity contribution in [2.75, 3.05) is 19.0 Å². The van der Waals surface area contributed by atoms with Crippen molar-refractivity contribution in [1.29, 1.82) is 0 Å². The number of phosphoric acid groups is 3. The third-order valence-electron chi connectivity index (χ3n) is 3.68. The first-order valence-electron chi connectivity index (χ1n) is 7.71. The van der Waals surface area contributed by atoms with E-state index >= 15 is 4.39 Å². The molecule has 0 saturated carbocycles. The predicted octanol–water partition coefficient (Wildman–Crippen LogP) is 0.474. The highest BCUT2D eigenvalue weighted by atomic mass is 32.1. The van der Waals surface area contributed by atoms with Crippen LogP contribution in [0.2, 0.25) is 0 Å². The maximum absolute atomic E-state index is 15.1. The molecule has 1 fully saturated rings. The van der Waals surface area contributed by atoms with Gasteiger partial charge in [-0.3, -0.25) is 9.09 Å². The van der Waals surface area contributed by atoms with Gasteiger partial charge < -0.3 is 35.2 Å².